The number of carbonyl (C=O) groups excluding carboxylic acids is 1. The summed E-state index contributed by atoms with van der Waals surface area (Å²) in [5, 5.41) is 11.9. The molecule has 0 bridgehead atoms. The van der Waals surface area contributed by atoms with Crippen LogP contribution in [-0.2, 0) is 16.1 Å². The number of ether oxygens (including phenoxy) is 1. The summed E-state index contributed by atoms with van der Waals surface area (Å²) in [6.45, 7) is 4.53. The number of amides is 1. The summed E-state index contributed by atoms with van der Waals surface area (Å²) in [5.74, 6) is -1.03. The highest BCUT2D eigenvalue weighted by Crippen LogP contribution is 2.39. The van der Waals surface area contributed by atoms with E-state index in [0.29, 0.717) is 0 Å². The van der Waals surface area contributed by atoms with Crippen LogP contribution in [0.25, 0.3) is 0 Å². The smallest absolute Gasteiger partial charge is 0.408 e. The second kappa shape index (κ2) is 7.49. The van der Waals surface area contributed by atoms with Gasteiger partial charge in [0.2, 0.25) is 0 Å². The van der Waals surface area contributed by atoms with Crippen LogP contribution in [0, 0.1) is 11.3 Å². The Kier molecular flexibility index (Phi) is 5.64. The molecule has 0 saturated heterocycles. The van der Waals surface area contributed by atoms with E-state index in [0.717, 1.165) is 31.2 Å². The first-order valence-corrected chi connectivity index (χ1v) is 8.07. The molecule has 0 radical (unpaired) electrons. The summed E-state index contributed by atoms with van der Waals surface area (Å²) < 4.78 is 5.13. The molecule has 0 heterocycles. The number of benzene rings is 1. The quantitative estimate of drug-likeness (QED) is 0.869. The van der Waals surface area contributed by atoms with Gasteiger partial charge in [-0.3, -0.25) is 0 Å². The minimum absolute atomic E-state index is 0.0372. The summed E-state index contributed by atoms with van der Waals surface area (Å²) in [6.07, 6.45) is 2.89. The van der Waals surface area contributed by atoms with Crippen LogP contribution in [0.4, 0.5) is 4.79 Å². The predicted octanol–water partition coefficient (Wildman–Crippen LogP) is 3.58. The average molecular weight is 319 g/mol. The number of nitrogens with one attached hydrogen (secondary N) is 1. The molecule has 0 spiro atoms. The predicted molar refractivity (Wildman–Crippen MR) is 86.9 cm³/mol. The maximum Gasteiger partial charge on any atom is 0.408 e. The number of hydrogen-bond donors (Lipinski definition) is 2. The van der Waals surface area contributed by atoms with Crippen molar-refractivity contribution in [3.63, 3.8) is 0 Å². The number of rotatable bonds is 5. The van der Waals surface area contributed by atoms with Crippen molar-refractivity contribution >= 4 is 12.1 Å². The summed E-state index contributed by atoms with van der Waals surface area (Å²) in [6, 6.07) is 8.43. The Balaban J connectivity index is 1.87. The zero-order valence-electron chi connectivity index (χ0n) is 13.7. The SMILES string of the molecule is CC1(C)CCC(C(NC(=O)OCc2ccccc2)C(=O)O)CC1. The molecule has 1 aromatic carbocycles. The number of carboxylic acid groups (broad SMARTS) is 1. The van der Waals surface area contributed by atoms with E-state index in [1.54, 1.807) is 0 Å². The second-order valence-corrected chi connectivity index (χ2v) is 7.02. The summed E-state index contributed by atoms with van der Waals surface area (Å²) >= 11 is 0. The molecule has 0 aliphatic heterocycles. The van der Waals surface area contributed by atoms with Gasteiger partial charge < -0.3 is 15.2 Å². The second-order valence-electron chi connectivity index (χ2n) is 7.02. The average Bonchev–Trinajstić information content (AvgIpc) is 2.52. The molecule has 1 amide bonds. The molecule has 5 heteroatoms. The summed E-state index contributed by atoms with van der Waals surface area (Å²) in [4.78, 5) is 23.4. The highest BCUT2D eigenvalue weighted by molar-refractivity contribution is 5.80. The molecule has 126 valence electrons. The standard InChI is InChI=1S/C18H25NO4/c1-18(2)10-8-14(9-11-18)15(16(20)21)19-17(22)23-12-13-6-4-3-5-7-13/h3-7,14-15H,8-12H2,1-2H3,(H,19,22)(H,20,21). The van der Waals surface area contributed by atoms with Crippen LogP contribution in [0.1, 0.15) is 45.1 Å². The van der Waals surface area contributed by atoms with Crippen molar-refractivity contribution in [2.75, 3.05) is 0 Å². The van der Waals surface area contributed by atoms with Gasteiger partial charge in [0.25, 0.3) is 0 Å². The van der Waals surface area contributed by atoms with E-state index in [4.69, 9.17) is 4.74 Å². The molecule has 1 saturated carbocycles. The zero-order valence-corrected chi connectivity index (χ0v) is 13.7. The van der Waals surface area contributed by atoms with Gasteiger partial charge in [-0.05, 0) is 42.6 Å². The van der Waals surface area contributed by atoms with E-state index >= 15 is 0 Å². The van der Waals surface area contributed by atoms with Crippen LogP contribution in [0.2, 0.25) is 0 Å². The maximum absolute atomic E-state index is 11.9. The Morgan fingerprint density at radius 1 is 1.26 bits per heavy atom. The van der Waals surface area contributed by atoms with Gasteiger partial charge in [-0.2, -0.15) is 0 Å². The van der Waals surface area contributed by atoms with Gasteiger partial charge in [0.05, 0.1) is 0 Å². The fourth-order valence-corrected chi connectivity index (χ4v) is 3.03. The topological polar surface area (TPSA) is 75.6 Å². The van der Waals surface area contributed by atoms with Gasteiger partial charge in [0.15, 0.2) is 0 Å². The molecule has 1 aliphatic rings. The van der Waals surface area contributed by atoms with Gasteiger partial charge in [0.1, 0.15) is 12.6 Å². The van der Waals surface area contributed by atoms with Gasteiger partial charge in [-0.15, -0.1) is 0 Å². The molecule has 0 aromatic heterocycles. The number of hydrogen-bond acceptors (Lipinski definition) is 3. The fourth-order valence-electron chi connectivity index (χ4n) is 3.03. The normalized spacial score (nSPS) is 18.9. The first-order valence-electron chi connectivity index (χ1n) is 8.07. The Morgan fingerprint density at radius 3 is 2.43 bits per heavy atom. The van der Waals surface area contributed by atoms with Crippen LogP contribution in [0.3, 0.4) is 0 Å². The monoisotopic (exact) mass is 319 g/mol. The minimum atomic E-state index is -0.994. The van der Waals surface area contributed by atoms with Crippen LogP contribution in [0.15, 0.2) is 30.3 Å². The van der Waals surface area contributed by atoms with E-state index in [2.05, 4.69) is 19.2 Å². The van der Waals surface area contributed by atoms with Crippen molar-refractivity contribution in [2.45, 2.75) is 52.2 Å². The van der Waals surface area contributed by atoms with Crippen molar-refractivity contribution in [3.8, 4) is 0 Å². The van der Waals surface area contributed by atoms with E-state index < -0.39 is 18.1 Å². The van der Waals surface area contributed by atoms with Crippen molar-refractivity contribution in [1.29, 1.82) is 0 Å². The molecule has 1 atom stereocenters. The number of carboxylic acids is 1. The Labute approximate surface area is 137 Å². The summed E-state index contributed by atoms with van der Waals surface area (Å²) in [5.41, 5.74) is 1.13. The third-order valence-electron chi connectivity index (χ3n) is 4.61. The highest BCUT2D eigenvalue weighted by Gasteiger charge is 2.35. The van der Waals surface area contributed by atoms with Gasteiger partial charge in [-0.1, -0.05) is 44.2 Å². The lowest BCUT2D eigenvalue weighted by molar-refractivity contribution is -0.141. The van der Waals surface area contributed by atoms with E-state index in [1.165, 1.54) is 0 Å². The lowest BCUT2D eigenvalue weighted by Gasteiger charge is -2.36. The number of aliphatic carboxylic acids is 1. The maximum atomic E-state index is 11.9. The Hall–Kier alpha value is -2.04. The van der Waals surface area contributed by atoms with Crippen molar-refractivity contribution in [3.05, 3.63) is 35.9 Å². The van der Waals surface area contributed by atoms with Crippen LogP contribution in [-0.4, -0.2) is 23.2 Å². The van der Waals surface area contributed by atoms with E-state index in [9.17, 15) is 14.7 Å². The lowest BCUT2D eigenvalue weighted by Crippen LogP contribution is -2.47. The Bertz CT molecular complexity index is 531. The molecule has 5 nitrogen and oxygen atoms in total. The van der Waals surface area contributed by atoms with E-state index in [1.807, 2.05) is 30.3 Å². The van der Waals surface area contributed by atoms with Gasteiger partial charge >= 0.3 is 12.1 Å². The van der Waals surface area contributed by atoms with Crippen molar-refractivity contribution in [2.24, 2.45) is 11.3 Å². The zero-order chi connectivity index (χ0) is 16.9. The first-order chi connectivity index (χ1) is 10.9. The molecule has 1 aliphatic carbocycles. The van der Waals surface area contributed by atoms with Crippen molar-refractivity contribution in [1.82, 2.24) is 5.32 Å². The lowest BCUT2D eigenvalue weighted by atomic mass is 9.71. The number of carbonyl (C=O) groups is 2. The van der Waals surface area contributed by atoms with Crippen LogP contribution >= 0.6 is 0 Å². The molecule has 1 aromatic rings. The molecule has 23 heavy (non-hydrogen) atoms. The van der Waals surface area contributed by atoms with E-state index in [-0.39, 0.29) is 17.9 Å². The van der Waals surface area contributed by atoms with Gasteiger partial charge in [-0.25, -0.2) is 9.59 Å². The molecule has 1 fully saturated rings. The fraction of sp³-hybridized carbons (Fsp3) is 0.556. The molecule has 2 rings (SSSR count). The van der Waals surface area contributed by atoms with Crippen LogP contribution < -0.4 is 5.32 Å². The van der Waals surface area contributed by atoms with Gasteiger partial charge in [0, 0.05) is 0 Å². The minimum Gasteiger partial charge on any atom is -0.480 e. The molecular weight excluding hydrogens is 294 g/mol. The molecule has 1 unspecified atom stereocenters. The Morgan fingerprint density at radius 2 is 1.87 bits per heavy atom. The highest BCUT2D eigenvalue weighted by atomic mass is 16.5. The third kappa shape index (κ3) is 5.27. The summed E-state index contributed by atoms with van der Waals surface area (Å²) in [7, 11) is 0. The first kappa shape index (κ1) is 17.3. The van der Waals surface area contributed by atoms with Crippen LogP contribution in [0.5, 0.6) is 0 Å². The molecular formula is C18H25NO4. The largest absolute Gasteiger partial charge is 0.480 e. The molecule has 2 N–H and O–H groups in total. The number of alkyl carbamates (subject to hydrolysis) is 1. The van der Waals surface area contributed by atoms with Crippen molar-refractivity contribution < 1.29 is 19.4 Å². The third-order valence-corrected chi connectivity index (χ3v) is 4.61.